The van der Waals surface area contributed by atoms with Crippen LogP contribution in [0.5, 0.6) is 0 Å². The van der Waals surface area contributed by atoms with Gasteiger partial charge < -0.3 is 10.5 Å². The van der Waals surface area contributed by atoms with Crippen LogP contribution < -0.4 is 5.73 Å². The first-order valence-corrected chi connectivity index (χ1v) is 6.77. The van der Waals surface area contributed by atoms with Gasteiger partial charge in [-0.15, -0.1) is 0 Å². The van der Waals surface area contributed by atoms with Gasteiger partial charge in [-0.2, -0.15) is 0 Å². The maximum absolute atomic E-state index is 5.79. The highest BCUT2D eigenvalue weighted by Crippen LogP contribution is 2.30. The van der Waals surface area contributed by atoms with Crippen molar-refractivity contribution < 1.29 is 4.74 Å². The van der Waals surface area contributed by atoms with Gasteiger partial charge in [0.25, 0.3) is 0 Å². The summed E-state index contributed by atoms with van der Waals surface area (Å²) in [5, 5.41) is 0.841. The summed E-state index contributed by atoms with van der Waals surface area (Å²) in [7, 11) is 1.62. The van der Waals surface area contributed by atoms with Gasteiger partial charge in [0.15, 0.2) is 5.82 Å². The third-order valence-corrected chi connectivity index (χ3v) is 3.68. The largest absolute Gasteiger partial charge is 0.384 e. The molecule has 0 aliphatic rings. The van der Waals surface area contributed by atoms with Crippen LogP contribution in [0.25, 0.3) is 0 Å². The summed E-state index contributed by atoms with van der Waals surface area (Å²) in [5.74, 6) is 1.07. The lowest BCUT2D eigenvalue weighted by Crippen LogP contribution is -2.01. The Morgan fingerprint density at radius 1 is 1.21 bits per heavy atom. The molecule has 0 aliphatic carbocycles. The third-order valence-electron chi connectivity index (χ3n) is 2.60. The number of aromatic nitrogens is 2. The summed E-state index contributed by atoms with van der Waals surface area (Å²) >= 11 is 1.60. The highest BCUT2D eigenvalue weighted by molar-refractivity contribution is 7.99. The molecule has 100 valence electrons. The molecule has 0 unspecified atom stereocenters. The van der Waals surface area contributed by atoms with E-state index in [1.54, 1.807) is 24.9 Å². The number of anilines is 1. The molecule has 0 fully saturated rings. The molecule has 4 nitrogen and oxygen atoms in total. The lowest BCUT2D eigenvalue weighted by Gasteiger charge is -2.08. The minimum absolute atomic E-state index is 0.366. The van der Waals surface area contributed by atoms with Gasteiger partial charge in [0.1, 0.15) is 17.5 Å². The van der Waals surface area contributed by atoms with E-state index in [0.29, 0.717) is 18.2 Å². The van der Waals surface area contributed by atoms with Crippen LogP contribution in [0.1, 0.15) is 17.0 Å². The van der Waals surface area contributed by atoms with Gasteiger partial charge in [0.2, 0.25) is 0 Å². The maximum atomic E-state index is 5.79. The first-order valence-electron chi connectivity index (χ1n) is 5.96. The van der Waals surface area contributed by atoms with Gasteiger partial charge in [-0.25, -0.2) is 9.97 Å². The second-order valence-corrected chi connectivity index (χ2v) is 5.41. The molecule has 1 aromatic carbocycles. The molecule has 0 saturated heterocycles. The normalized spacial score (nSPS) is 10.7. The Kier molecular flexibility index (Phi) is 4.39. The quantitative estimate of drug-likeness (QED) is 0.869. The van der Waals surface area contributed by atoms with Crippen LogP contribution in [0.3, 0.4) is 0 Å². The number of methoxy groups -OCH3 is 1. The molecule has 5 heteroatoms. The Morgan fingerprint density at radius 2 is 2.00 bits per heavy atom. The number of benzene rings is 1. The Hall–Kier alpha value is -1.59. The molecular formula is C14H17N3OS. The van der Waals surface area contributed by atoms with Gasteiger partial charge in [-0.1, -0.05) is 23.9 Å². The summed E-state index contributed by atoms with van der Waals surface area (Å²) < 4.78 is 5.04. The average molecular weight is 275 g/mol. The molecule has 0 radical (unpaired) electrons. The highest BCUT2D eigenvalue weighted by atomic mass is 32.2. The minimum Gasteiger partial charge on any atom is -0.384 e. The molecule has 1 aromatic heterocycles. The monoisotopic (exact) mass is 275 g/mol. The van der Waals surface area contributed by atoms with Crippen LogP contribution in [0.4, 0.5) is 5.82 Å². The second kappa shape index (κ2) is 6.04. The van der Waals surface area contributed by atoms with Crippen molar-refractivity contribution in [1.29, 1.82) is 0 Å². The van der Waals surface area contributed by atoms with Crippen LogP contribution in [0, 0.1) is 13.8 Å². The molecule has 1 heterocycles. The average Bonchev–Trinajstić information content (AvgIpc) is 2.33. The molecule has 2 rings (SSSR count). The smallest absolute Gasteiger partial charge is 0.157 e. The SMILES string of the molecule is COCc1nc(N)cc(Sc2cc(C)ccc2C)n1. The molecule has 0 aliphatic heterocycles. The van der Waals surface area contributed by atoms with Crippen molar-refractivity contribution in [2.45, 2.75) is 30.4 Å². The number of aryl methyl sites for hydroxylation is 2. The Labute approximate surface area is 117 Å². The van der Waals surface area contributed by atoms with E-state index in [1.165, 1.54) is 16.0 Å². The molecule has 0 atom stereocenters. The highest BCUT2D eigenvalue weighted by Gasteiger charge is 2.07. The minimum atomic E-state index is 0.366. The molecule has 0 spiro atoms. The molecule has 0 amide bonds. The van der Waals surface area contributed by atoms with E-state index in [-0.39, 0.29) is 0 Å². The molecule has 2 N–H and O–H groups in total. The molecule has 0 bridgehead atoms. The second-order valence-electron chi connectivity index (χ2n) is 4.35. The van der Waals surface area contributed by atoms with Crippen molar-refractivity contribution in [2.75, 3.05) is 12.8 Å². The zero-order chi connectivity index (χ0) is 13.8. The zero-order valence-electron chi connectivity index (χ0n) is 11.3. The van der Waals surface area contributed by atoms with Crippen molar-refractivity contribution in [2.24, 2.45) is 0 Å². The van der Waals surface area contributed by atoms with Crippen molar-refractivity contribution >= 4 is 17.6 Å². The first kappa shape index (κ1) is 13.8. The van der Waals surface area contributed by atoms with E-state index in [1.807, 2.05) is 0 Å². The van der Waals surface area contributed by atoms with E-state index in [0.717, 1.165) is 5.03 Å². The fraction of sp³-hybridized carbons (Fsp3) is 0.286. The Bertz CT molecular complexity index is 587. The third kappa shape index (κ3) is 3.68. The number of nitrogens with two attached hydrogens (primary N) is 1. The predicted molar refractivity (Wildman–Crippen MR) is 77.2 cm³/mol. The van der Waals surface area contributed by atoms with Gasteiger partial charge in [0, 0.05) is 18.1 Å². The Balaban J connectivity index is 2.29. The lowest BCUT2D eigenvalue weighted by atomic mass is 10.2. The van der Waals surface area contributed by atoms with E-state index in [4.69, 9.17) is 10.5 Å². The van der Waals surface area contributed by atoms with Crippen LogP contribution in [0.15, 0.2) is 34.2 Å². The number of hydrogen-bond acceptors (Lipinski definition) is 5. The van der Waals surface area contributed by atoms with Crippen LogP contribution in [0.2, 0.25) is 0 Å². The number of nitrogens with zero attached hydrogens (tertiary/aromatic N) is 2. The number of nitrogen functional groups attached to an aromatic ring is 1. The number of hydrogen-bond donors (Lipinski definition) is 1. The number of rotatable bonds is 4. The fourth-order valence-electron chi connectivity index (χ4n) is 1.67. The summed E-state index contributed by atoms with van der Waals surface area (Å²) in [4.78, 5) is 9.75. The molecule has 19 heavy (non-hydrogen) atoms. The summed E-state index contributed by atoms with van der Waals surface area (Å²) in [6, 6.07) is 8.14. The maximum Gasteiger partial charge on any atom is 0.157 e. The summed E-state index contributed by atoms with van der Waals surface area (Å²) in [6.45, 7) is 4.53. The van der Waals surface area contributed by atoms with Gasteiger partial charge in [-0.05, 0) is 31.0 Å². The summed E-state index contributed by atoms with van der Waals surface area (Å²) in [6.07, 6.45) is 0. The fourth-order valence-corrected chi connectivity index (χ4v) is 2.70. The van der Waals surface area contributed by atoms with Crippen LogP contribution >= 0.6 is 11.8 Å². The number of ether oxygens (including phenoxy) is 1. The van der Waals surface area contributed by atoms with E-state index < -0.39 is 0 Å². The zero-order valence-corrected chi connectivity index (χ0v) is 12.1. The lowest BCUT2D eigenvalue weighted by molar-refractivity contribution is 0.177. The van der Waals surface area contributed by atoms with E-state index in [9.17, 15) is 0 Å². The molecular weight excluding hydrogens is 258 g/mol. The standard InChI is InChI=1S/C14H17N3OS/c1-9-4-5-10(2)11(6-9)19-14-7-12(15)16-13(17-14)8-18-3/h4-7H,8H2,1-3H3,(H2,15,16,17). The molecule has 2 aromatic rings. The van der Waals surface area contributed by atoms with Crippen molar-refractivity contribution in [3.05, 3.63) is 41.2 Å². The van der Waals surface area contributed by atoms with E-state index in [2.05, 4.69) is 42.0 Å². The van der Waals surface area contributed by atoms with Crippen LogP contribution in [-0.4, -0.2) is 17.1 Å². The summed E-state index contributed by atoms with van der Waals surface area (Å²) in [5.41, 5.74) is 8.24. The van der Waals surface area contributed by atoms with Crippen LogP contribution in [-0.2, 0) is 11.3 Å². The predicted octanol–water partition coefficient (Wildman–Crippen LogP) is 2.97. The molecule has 0 saturated carbocycles. The van der Waals surface area contributed by atoms with Crippen molar-refractivity contribution in [3.63, 3.8) is 0 Å². The topological polar surface area (TPSA) is 61.0 Å². The van der Waals surface area contributed by atoms with Crippen molar-refractivity contribution in [1.82, 2.24) is 9.97 Å². The van der Waals surface area contributed by atoms with Gasteiger partial charge in [0.05, 0.1) is 0 Å². The van der Waals surface area contributed by atoms with Gasteiger partial charge >= 0.3 is 0 Å². The van der Waals surface area contributed by atoms with E-state index >= 15 is 0 Å². The van der Waals surface area contributed by atoms with Gasteiger partial charge in [-0.3, -0.25) is 0 Å². The first-order chi connectivity index (χ1) is 9.08. The Morgan fingerprint density at radius 3 is 2.74 bits per heavy atom. The van der Waals surface area contributed by atoms with Crippen molar-refractivity contribution in [3.8, 4) is 0 Å².